The lowest BCUT2D eigenvalue weighted by Gasteiger charge is -2.20. The second kappa shape index (κ2) is 9.53. The van der Waals surface area contributed by atoms with Crippen molar-refractivity contribution >= 4 is 5.69 Å². The molecule has 1 aromatic rings. The zero-order chi connectivity index (χ0) is 14.8. The number of hydrogen-bond donors (Lipinski definition) is 1. The summed E-state index contributed by atoms with van der Waals surface area (Å²) in [4.78, 5) is 14.1. The van der Waals surface area contributed by atoms with Gasteiger partial charge in [-0.15, -0.1) is 0 Å². The molecule has 0 aliphatic rings. The Balaban J connectivity index is 2.46. The van der Waals surface area contributed by atoms with E-state index in [9.17, 15) is 4.79 Å². The van der Waals surface area contributed by atoms with E-state index in [1.807, 2.05) is 0 Å². The molecule has 1 rings (SSSR count). The minimum absolute atomic E-state index is 0.0234. The summed E-state index contributed by atoms with van der Waals surface area (Å²) >= 11 is 0. The van der Waals surface area contributed by atoms with Gasteiger partial charge < -0.3 is 10.2 Å². The largest absolute Gasteiger partial charge is 0.371 e. The van der Waals surface area contributed by atoms with Crippen LogP contribution in [0, 0.1) is 0 Å². The second-order valence-corrected chi connectivity index (χ2v) is 4.90. The molecular formula is C15H28N4O. The molecule has 1 heterocycles. The van der Waals surface area contributed by atoms with Crippen molar-refractivity contribution in [2.24, 2.45) is 0 Å². The predicted octanol–water partition coefficient (Wildman–Crippen LogP) is 1.87. The topological polar surface area (TPSA) is 50.2 Å². The fourth-order valence-electron chi connectivity index (χ4n) is 2.16. The van der Waals surface area contributed by atoms with E-state index in [1.54, 1.807) is 12.3 Å². The van der Waals surface area contributed by atoms with E-state index in [-0.39, 0.29) is 5.56 Å². The van der Waals surface area contributed by atoms with E-state index in [2.05, 4.69) is 36.1 Å². The first-order valence-corrected chi connectivity index (χ1v) is 7.75. The Bertz CT molecular complexity index is 426. The van der Waals surface area contributed by atoms with E-state index < -0.39 is 0 Å². The summed E-state index contributed by atoms with van der Waals surface area (Å²) in [5.41, 5.74) is 0.886. The van der Waals surface area contributed by atoms with Crippen LogP contribution in [0.15, 0.2) is 17.1 Å². The third-order valence-corrected chi connectivity index (χ3v) is 3.44. The minimum atomic E-state index is -0.0234. The van der Waals surface area contributed by atoms with Crippen molar-refractivity contribution in [3.05, 3.63) is 22.6 Å². The number of unbranched alkanes of at least 4 members (excludes halogenated alkanes) is 2. The van der Waals surface area contributed by atoms with Crippen molar-refractivity contribution in [1.29, 1.82) is 0 Å². The molecule has 0 unspecified atom stereocenters. The summed E-state index contributed by atoms with van der Waals surface area (Å²) in [5, 5.41) is 7.60. The maximum atomic E-state index is 12.0. The average Bonchev–Trinajstić information content (AvgIpc) is 2.46. The lowest BCUT2D eigenvalue weighted by Crippen LogP contribution is -2.31. The summed E-state index contributed by atoms with van der Waals surface area (Å²) in [6.07, 6.45) is 5.46. The maximum Gasteiger partial charge on any atom is 0.268 e. The highest BCUT2D eigenvalue weighted by atomic mass is 16.1. The van der Waals surface area contributed by atoms with Gasteiger partial charge in [0.2, 0.25) is 0 Å². The summed E-state index contributed by atoms with van der Waals surface area (Å²) in [5.74, 6) is 0. The molecule has 114 valence electrons. The number of nitrogens with one attached hydrogen (secondary N) is 1. The van der Waals surface area contributed by atoms with Crippen molar-refractivity contribution in [1.82, 2.24) is 15.1 Å². The fourth-order valence-corrected chi connectivity index (χ4v) is 2.16. The van der Waals surface area contributed by atoms with Gasteiger partial charge in [-0.25, -0.2) is 4.68 Å². The SMILES string of the molecule is CCCCCNCCn1ncc(N(CC)CC)cc1=O. The Kier molecular flexibility index (Phi) is 7.95. The van der Waals surface area contributed by atoms with Crippen LogP contribution in [0.5, 0.6) is 0 Å². The van der Waals surface area contributed by atoms with Gasteiger partial charge in [0.1, 0.15) is 0 Å². The molecule has 0 saturated carbocycles. The summed E-state index contributed by atoms with van der Waals surface area (Å²) in [7, 11) is 0. The van der Waals surface area contributed by atoms with Crippen LogP contribution in [0.2, 0.25) is 0 Å². The van der Waals surface area contributed by atoms with Crippen molar-refractivity contribution in [2.75, 3.05) is 31.1 Å². The van der Waals surface area contributed by atoms with Gasteiger partial charge in [-0.1, -0.05) is 19.8 Å². The highest BCUT2D eigenvalue weighted by Crippen LogP contribution is 2.07. The first-order valence-electron chi connectivity index (χ1n) is 7.75. The molecule has 1 N–H and O–H groups in total. The number of aromatic nitrogens is 2. The summed E-state index contributed by atoms with van der Waals surface area (Å²) < 4.78 is 1.53. The van der Waals surface area contributed by atoms with E-state index in [0.29, 0.717) is 6.54 Å². The van der Waals surface area contributed by atoms with Gasteiger partial charge in [0.25, 0.3) is 5.56 Å². The van der Waals surface area contributed by atoms with Crippen LogP contribution >= 0.6 is 0 Å². The molecule has 20 heavy (non-hydrogen) atoms. The standard InChI is InChI=1S/C15H28N4O/c1-4-7-8-9-16-10-11-19-15(20)12-14(13-17-19)18(5-2)6-3/h12-13,16H,4-11H2,1-3H3. The van der Waals surface area contributed by atoms with Gasteiger partial charge in [0.05, 0.1) is 18.4 Å². The Morgan fingerprint density at radius 1 is 1.20 bits per heavy atom. The molecule has 5 heteroatoms. The van der Waals surface area contributed by atoms with Crippen LogP contribution in [0.4, 0.5) is 5.69 Å². The third kappa shape index (κ3) is 5.33. The van der Waals surface area contributed by atoms with Crippen LogP contribution in [0.3, 0.4) is 0 Å². The lowest BCUT2D eigenvalue weighted by atomic mass is 10.2. The van der Waals surface area contributed by atoms with Crippen LogP contribution in [0.25, 0.3) is 0 Å². The number of anilines is 1. The van der Waals surface area contributed by atoms with Crippen molar-refractivity contribution in [3.8, 4) is 0 Å². The molecule has 0 aliphatic heterocycles. The van der Waals surface area contributed by atoms with E-state index >= 15 is 0 Å². The molecule has 0 bridgehead atoms. The van der Waals surface area contributed by atoms with E-state index in [0.717, 1.165) is 31.9 Å². The monoisotopic (exact) mass is 280 g/mol. The molecule has 0 fully saturated rings. The Labute approximate surface area is 122 Å². The van der Waals surface area contributed by atoms with E-state index in [4.69, 9.17) is 0 Å². The molecule has 0 aromatic carbocycles. The van der Waals surface area contributed by atoms with Gasteiger partial charge in [-0.05, 0) is 26.8 Å². The fraction of sp³-hybridized carbons (Fsp3) is 0.733. The summed E-state index contributed by atoms with van der Waals surface area (Å²) in [6.45, 7) is 10.6. The minimum Gasteiger partial charge on any atom is -0.371 e. The summed E-state index contributed by atoms with van der Waals surface area (Å²) in [6, 6.07) is 1.68. The van der Waals surface area contributed by atoms with Gasteiger partial charge >= 0.3 is 0 Å². The van der Waals surface area contributed by atoms with Crippen molar-refractivity contribution in [2.45, 2.75) is 46.6 Å². The average molecular weight is 280 g/mol. The van der Waals surface area contributed by atoms with Crippen LogP contribution in [-0.4, -0.2) is 36.0 Å². The highest BCUT2D eigenvalue weighted by molar-refractivity contribution is 5.42. The molecular weight excluding hydrogens is 252 g/mol. The van der Waals surface area contributed by atoms with Gasteiger partial charge in [-0.3, -0.25) is 4.79 Å². The Morgan fingerprint density at radius 2 is 1.95 bits per heavy atom. The molecule has 0 spiro atoms. The molecule has 0 saturated heterocycles. The maximum absolute atomic E-state index is 12.0. The highest BCUT2D eigenvalue weighted by Gasteiger charge is 2.05. The lowest BCUT2D eigenvalue weighted by molar-refractivity contribution is 0.521. The molecule has 0 amide bonds. The number of rotatable bonds is 10. The first-order chi connectivity index (χ1) is 9.72. The molecule has 0 aliphatic carbocycles. The van der Waals surface area contributed by atoms with Gasteiger partial charge in [0, 0.05) is 25.7 Å². The smallest absolute Gasteiger partial charge is 0.268 e. The van der Waals surface area contributed by atoms with Crippen LogP contribution in [-0.2, 0) is 6.54 Å². The molecule has 1 aromatic heterocycles. The van der Waals surface area contributed by atoms with Crippen molar-refractivity contribution < 1.29 is 0 Å². The molecule has 0 radical (unpaired) electrons. The number of nitrogens with zero attached hydrogens (tertiary/aromatic N) is 3. The Hall–Kier alpha value is -1.36. The van der Waals surface area contributed by atoms with Crippen LogP contribution < -0.4 is 15.8 Å². The molecule has 5 nitrogen and oxygen atoms in total. The first kappa shape index (κ1) is 16.7. The van der Waals surface area contributed by atoms with Gasteiger partial charge in [0.15, 0.2) is 0 Å². The quantitative estimate of drug-likeness (QED) is 0.665. The second-order valence-electron chi connectivity index (χ2n) is 4.90. The predicted molar refractivity (Wildman–Crippen MR) is 84.5 cm³/mol. The number of hydrogen-bond acceptors (Lipinski definition) is 4. The molecule has 0 atom stereocenters. The van der Waals surface area contributed by atoms with Crippen molar-refractivity contribution in [3.63, 3.8) is 0 Å². The van der Waals surface area contributed by atoms with E-state index in [1.165, 1.54) is 23.9 Å². The normalized spacial score (nSPS) is 10.8. The third-order valence-electron chi connectivity index (χ3n) is 3.44. The van der Waals surface area contributed by atoms with Gasteiger partial charge in [-0.2, -0.15) is 5.10 Å². The Morgan fingerprint density at radius 3 is 2.55 bits per heavy atom. The van der Waals surface area contributed by atoms with Crippen LogP contribution in [0.1, 0.15) is 40.0 Å². The zero-order valence-electron chi connectivity index (χ0n) is 13.1. The zero-order valence-corrected chi connectivity index (χ0v) is 13.1.